The number of aliphatic hydroxyl groups excluding tert-OH is 1. The van der Waals surface area contributed by atoms with E-state index in [9.17, 15) is 13.2 Å². The number of amides is 1. The Morgan fingerprint density at radius 1 is 1.05 bits per heavy atom. The van der Waals surface area contributed by atoms with E-state index in [0.717, 1.165) is 61.3 Å². The van der Waals surface area contributed by atoms with Gasteiger partial charge in [0.05, 0.1) is 53.3 Å². The third-order valence-electron chi connectivity index (χ3n) is 8.79. The van der Waals surface area contributed by atoms with Crippen molar-refractivity contribution >= 4 is 49.6 Å². The molecule has 0 unspecified atom stereocenters. The molecule has 3 N–H and O–H groups in total. The number of ether oxygens (including phenoxy) is 1. The van der Waals surface area contributed by atoms with E-state index >= 15 is 0 Å². The maximum absolute atomic E-state index is 13.8. The van der Waals surface area contributed by atoms with Crippen LogP contribution in [0.15, 0.2) is 42.6 Å². The average Bonchev–Trinajstić information content (AvgIpc) is 3.59. The van der Waals surface area contributed by atoms with Gasteiger partial charge in [-0.1, -0.05) is 0 Å². The number of piperidine rings is 1. The lowest BCUT2D eigenvalue weighted by Crippen LogP contribution is -2.41. The number of aromatic nitrogens is 1. The molecule has 1 atom stereocenters. The van der Waals surface area contributed by atoms with Crippen LogP contribution in [0.1, 0.15) is 43.0 Å². The van der Waals surface area contributed by atoms with Crippen LogP contribution in [0.5, 0.6) is 0 Å². The molecule has 220 valence electrons. The molecule has 2 saturated heterocycles. The predicted octanol–water partition coefficient (Wildman–Crippen LogP) is 3.77. The Morgan fingerprint density at radius 2 is 1.83 bits per heavy atom. The van der Waals surface area contributed by atoms with Gasteiger partial charge in [0.2, 0.25) is 10.0 Å². The van der Waals surface area contributed by atoms with Crippen LogP contribution in [0.3, 0.4) is 0 Å². The van der Waals surface area contributed by atoms with E-state index in [-0.39, 0.29) is 17.8 Å². The number of aliphatic hydroxyl groups is 1. The Bertz CT molecular complexity index is 1550. The summed E-state index contributed by atoms with van der Waals surface area (Å²) in [6.07, 6.45) is 6.85. The van der Waals surface area contributed by atoms with Crippen molar-refractivity contribution in [1.29, 1.82) is 0 Å². The van der Waals surface area contributed by atoms with Gasteiger partial charge in [0, 0.05) is 50.4 Å². The minimum Gasteiger partial charge on any atom is -0.395 e. The number of anilines is 4. The van der Waals surface area contributed by atoms with Crippen molar-refractivity contribution in [3.05, 3.63) is 48.2 Å². The Balaban J connectivity index is 1.31. The summed E-state index contributed by atoms with van der Waals surface area (Å²) in [5.74, 6) is -0.594. The fraction of sp³-hybridized carbons (Fsp3) is 0.500. The molecule has 10 nitrogen and oxygen atoms in total. The number of nitrogens with zero attached hydrogens (tertiary/aromatic N) is 3. The van der Waals surface area contributed by atoms with Crippen molar-refractivity contribution < 1.29 is 23.1 Å². The predicted molar refractivity (Wildman–Crippen MR) is 163 cm³/mol. The van der Waals surface area contributed by atoms with Crippen LogP contribution in [-0.2, 0) is 21.8 Å². The highest BCUT2D eigenvalue weighted by molar-refractivity contribution is 7.92. The lowest BCUT2D eigenvalue weighted by atomic mass is 9.93. The van der Waals surface area contributed by atoms with Crippen LogP contribution < -0.4 is 19.8 Å². The van der Waals surface area contributed by atoms with Gasteiger partial charge in [0.25, 0.3) is 5.91 Å². The molecule has 41 heavy (non-hydrogen) atoms. The van der Waals surface area contributed by atoms with E-state index in [1.54, 1.807) is 18.2 Å². The lowest BCUT2D eigenvalue weighted by molar-refractivity contribution is 0.0533. The molecule has 3 fully saturated rings. The van der Waals surface area contributed by atoms with Crippen molar-refractivity contribution in [3.63, 3.8) is 0 Å². The summed E-state index contributed by atoms with van der Waals surface area (Å²) < 4.78 is 35.1. The van der Waals surface area contributed by atoms with Crippen LogP contribution in [0.25, 0.3) is 10.9 Å². The second-order valence-corrected chi connectivity index (χ2v) is 13.6. The van der Waals surface area contributed by atoms with Gasteiger partial charge in [0.15, 0.2) is 0 Å². The first-order valence-electron chi connectivity index (χ1n) is 14.4. The number of fused-ring (bicyclic) bond motifs is 1. The summed E-state index contributed by atoms with van der Waals surface area (Å²) in [5.41, 5.74) is 4.97. The van der Waals surface area contributed by atoms with Gasteiger partial charge >= 0.3 is 0 Å². The fourth-order valence-corrected chi connectivity index (χ4v) is 7.06. The summed E-state index contributed by atoms with van der Waals surface area (Å²) >= 11 is 0. The molecular formula is C30H39N5O5S. The Hall–Kier alpha value is -3.28. The van der Waals surface area contributed by atoms with Gasteiger partial charge in [-0.15, -0.1) is 0 Å². The highest BCUT2D eigenvalue weighted by Crippen LogP contribution is 2.54. The number of aryl methyl sites for hydroxylation is 1. The summed E-state index contributed by atoms with van der Waals surface area (Å²) in [6, 6.07) is 11.1. The minimum absolute atomic E-state index is 0.103. The monoisotopic (exact) mass is 581 g/mol. The zero-order chi connectivity index (χ0) is 28.8. The number of sulfonamides is 1. The molecule has 3 heterocycles. The standard InChI is InChI=1S/C30H39N5O5S/c1-21-20-35(13-15-40-21)27-18-23(17-22-5-10-33(2)28(22)27)29(37)31-25-4-3-24(32-41(38,39)16-14-36)19-26(25)34-11-8-30(6-7-30)9-12-34/h3-5,10,17-19,21,32,36H,6-9,11-16,20H2,1-2H3,(H,31,37)/t21-/m0/s1. The molecule has 0 radical (unpaired) electrons. The molecule has 11 heteroatoms. The minimum atomic E-state index is -3.68. The van der Waals surface area contributed by atoms with Crippen molar-refractivity contribution in [2.24, 2.45) is 12.5 Å². The van der Waals surface area contributed by atoms with Crippen LogP contribution >= 0.6 is 0 Å². The zero-order valence-corrected chi connectivity index (χ0v) is 24.5. The van der Waals surface area contributed by atoms with Crippen molar-refractivity contribution in [2.75, 3.05) is 65.0 Å². The fourth-order valence-electron chi connectivity index (χ4n) is 6.23. The Morgan fingerprint density at radius 3 is 2.54 bits per heavy atom. The normalized spacial score (nSPS) is 20.4. The van der Waals surface area contributed by atoms with Gasteiger partial charge in [-0.25, -0.2) is 8.42 Å². The van der Waals surface area contributed by atoms with Crippen molar-refractivity contribution in [3.8, 4) is 0 Å². The second kappa shape index (κ2) is 10.8. The molecule has 2 aromatic carbocycles. The number of morpholine rings is 1. The van der Waals surface area contributed by atoms with Crippen molar-refractivity contribution in [1.82, 2.24) is 4.57 Å². The Kier molecular flexibility index (Phi) is 7.37. The number of hydrogen-bond donors (Lipinski definition) is 3. The van der Waals surface area contributed by atoms with Gasteiger partial charge in [0.1, 0.15) is 0 Å². The third-order valence-corrected chi connectivity index (χ3v) is 10.1. The maximum Gasteiger partial charge on any atom is 0.255 e. The molecule has 0 bridgehead atoms. The summed E-state index contributed by atoms with van der Waals surface area (Å²) in [7, 11) is -1.66. The molecule has 1 aromatic heterocycles. The van der Waals surface area contributed by atoms with E-state index in [4.69, 9.17) is 9.84 Å². The molecular weight excluding hydrogens is 542 g/mol. The third kappa shape index (κ3) is 5.89. The number of carbonyl (C=O) groups is 1. The van der Waals surface area contributed by atoms with Crippen LogP contribution in [0, 0.1) is 5.41 Å². The molecule has 1 amide bonds. The van der Waals surface area contributed by atoms with E-state index in [2.05, 4.69) is 31.3 Å². The zero-order valence-electron chi connectivity index (χ0n) is 23.7. The highest BCUT2D eigenvalue weighted by atomic mass is 32.2. The van der Waals surface area contributed by atoms with E-state index in [1.165, 1.54) is 12.8 Å². The maximum atomic E-state index is 13.8. The summed E-state index contributed by atoms with van der Waals surface area (Å²) in [6.45, 7) is 5.45. The first-order valence-corrected chi connectivity index (χ1v) is 16.1. The molecule has 6 rings (SSSR count). The first-order chi connectivity index (χ1) is 19.7. The Labute approximate surface area is 241 Å². The molecule has 1 spiro atoms. The number of benzene rings is 2. The molecule has 3 aliphatic rings. The molecule has 2 aliphatic heterocycles. The highest BCUT2D eigenvalue weighted by Gasteiger charge is 2.44. The van der Waals surface area contributed by atoms with E-state index in [0.29, 0.717) is 29.0 Å². The largest absolute Gasteiger partial charge is 0.395 e. The summed E-state index contributed by atoms with van der Waals surface area (Å²) in [5, 5.41) is 13.3. The smallest absolute Gasteiger partial charge is 0.255 e. The van der Waals surface area contributed by atoms with Gasteiger partial charge in [-0.05, 0) is 74.4 Å². The van der Waals surface area contributed by atoms with E-state index in [1.807, 2.05) is 31.4 Å². The van der Waals surface area contributed by atoms with Crippen LogP contribution in [0.4, 0.5) is 22.7 Å². The SMILES string of the molecule is C[C@H]1CN(c2cc(C(=O)Nc3ccc(NS(=O)(=O)CCO)cc3N3CCC4(CC3)CC4)cc3ccn(C)c23)CCO1. The van der Waals surface area contributed by atoms with Gasteiger partial charge in [-0.2, -0.15) is 0 Å². The van der Waals surface area contributed by atoms with Crippen LogP contribution in [0.2, 0.25) is 0 Å². The molecule has 1 aliphatic carbocycles. The summed E-state index contributed by atoms with van der Waals surface area (Å²) in [4.78, 5) is 18.3. The quantitative estimate of drug-likeness (QED) is 0.371. The average molecular weight is 582 g/mol. The lowest BCUT2D eigenvalue weighted by Gasteiger charge is -2.35. The second-order valence-electron chi connectivity index (χ2n) is 11.8. The van der Waals surface area contributed by atoms with Crippen LogP contribution in [-0.4, -0.2) is 75.2 Å². The number of rotatable bonds is 8. The molecule has 1 saturated carbocycles. The number of nitrogens with one attached hydrogen (secondary N) is 2. The molecule has 3 aromatic rings. The van der Waals surface area contributed by atoms with Crippen molar-refractivity contribution in [2.45, 2.75) is 38.7 Å². The number of hydrogen-bond acceptors (Lipinski definition) is 7. The number of carbonyl (C=O) groups excluding carboxylic acids is 1. The first kappa shape index (κ1) is 27.9. The topological polar surface area (TPSA) is 116 Å². The van der Waals surface area contributed by atoms with E-state index < -0.39 is 16.6 Å². The van der Waals surface area contributed by atoms with Gasteiger partial charge in [-0.3, -0.25) is 9.52 Å². The van der Waals surface area contributed by atoms with Gasteiger partial charge < -0.3 is 29.5 Å².